The van der Waals surface area contributed by atoms with Crippen LogP contribution in [0.4, 0.5) is 0 Å². The first-order valence-corrected chi connectivity index (χ1v) is 21.6. The van der Waals surface area contributed by atoms with Crippen LogP contribution in [0.3, 0.4) is 0 Å². The number of allylic oxidation sites excluding steroid dienone is 10. The van der Waals surface area contributed by atoms with E-state index < -0.39 is 0 Å². The van der Waals surface area contributed by atoms with E-state index in [4.69, 9.17) is 9.98 Å². The van der Waals surface area contributed by atoms with Crippen molar-refractivity contribution < 1.29 is 0 Å². The quantitative estimate of drug-likeness (QED) is 0.265. The zero-order chi connectivity index (χ0) is 36.5. The summed E-state index contributed by atoms with van der Waals surface area (Å²) in [6, 6.07) is 18.2. The number of amidine groups is 1. The van der Waals surface area contributed by atoms with E-state index in [1.165, 1.54) is 84.2 Å². The van der Waals surface area contributed by atoms with Gasteiger partial charge in [0.25, 0.3) is 0 Å². The fourth-order valence-electron chi connectivity index (χ4n) is 10.5. The van der Waals surface area contributed by atoms with Crippen molar-refractivity contribution in [1.29, 1.82) is 0 Å². The highest BCUT2D eigenvalue weighted by Gasteiger charge is 2.51. The largest absolute Gasteiger partial charge is 0.374 e. The molecule has 0 saturated carbocycles. The monoisotopic (exact) mass is 736 g/mol. The maximum atomic E-state index is 5.41. The summed E-state index contributed by atoms with van der Waals surface area (Å²) in [7, 11) is 0. The first-order valence-electron chi connectivity index (χ1n) is 20.7. The molecule has 3 aromatic rings. The normalized spacial score (nSPS) is 29.3. The number of benzene rings is 2. The average molecular weight is 737 g/mol. The zero-order valence-electron chi connectivity index (χ0n) is 31.7. The third-order valence-electron chi connectivity index (χ3n) is 13.4. The van der Waals surface area contributed by atoms with Crippen molar-refractivity contribution in [3.63, 3.8) is 0 Å². The van der Waals surface area contributed by atoms with Crippen LogP contribution in [0.2, 0.25) is 0 Å². The molecule has 5 atom stereocenters. The lowest BCUT2D eigenvalue weighted by molar-refractivity contribution is 0.329. The van der Waals surface area contributed by atoms with Gasteiger partial charge in [0.15, 0.2) is 5.84 Å². The third kappa shape index (κ3) is 5.56. The molecule has 4 unspecified atom stereocenters. The fourth-order valence-corrected chi connectivity index (χ4v) is 12.3. The Kier molecular flexibility index (Phi) is 8.16. The number of para-hydroxylation sites is 1. The third-order valence-corrected chi connectivity index (χ3v) is 15.0. The second kappa shape index (κ2) is 13.4. The van der Waals surface area contributed by atoms with Gasteiger partial charge in [-0.05, 0) is 105 Å². The summed E-state index contributed by atoms with van der Waals surface area (Å²) < 4.78 is 2.48. The molecular weight excluding hydrogens is 689 g/mol. The summed E-state index contributed by atoms with van der Waals surface area (Å²) in [5.74, 6) is 1.85. The van der Waals surface area contributed by atoms with Crippen molar-refractivity contribution in [1.82, 2.24) is 9.88 Å². The molecule has 0 spiro atoms. The van der Waals surface area contributed by atoms with E-state index in [0.717, 1.165) is 57.2 Å². The lowest BCUT2D eigenvalue weighted by atomic mass is 9.75. The number of aliphatic imine (C=N–C) groups is 2. The molecule has 11 rings (SSSR count). The van der Waals surface area contributed by atoms with Crippen molar-refractivity contribution in [2.45, 2.75) is 88.0 Å². The SMILES string of the molecule is C[C@@]12NC(C3=CC=C(C4=NC(C5=CCCC=C5)=NC(C5C=CC(n6c7c(c8ccccc86)CCC=C7)=CC5)C4)CC3)=c3ccccc3=C1SC1C=CCCC12. The van der Waals surface area contributed by atoms with Crippen LogP contribution in [0.1, 0.15) is 76.0 Å². The number of nitrogens with one attached hydrogen (secondary N) is 1. The predicted octanol–water partition coefficient (Wildman–Crippen LogP) is 9.91. The molecule has 4 nitrogen and oxygen atoms in total. The van der Waals surface area contributed by atoms with E-state index in [2.05, 4.69) is 150 Å². The van der Waals surface area contributed by atoms with Crippen LogP contribution >= 0.6 is 11.8 Å². The number of hydrogen-bond donors (Lipinski definition) is 1. The van der Waals surface area contributed by atoms with Crippen LogP contribution in [-0.2, 0) is 6.42 Å². The molecule has 8 aliphatic rings. The van der Waals surface area contributed by atoms with Crippen LogP contribution in [-0.4, -0.2) is 32.9 Å². The van der Waals surface area contributed by atoms with Crippen LogP contribution < -0.4 is 15.8 Å². The van der Waals surface area contributed by atoms with Crippen molar-refractivity contribution in [2.75, 3.05) is 0 Å². The number of rotatable bonds is 5. The molecule has 1 saturated heterocycles. The Balaban J connectivity index is 0.906. The second-order valence-electron chi connectivity index (χ2n) is 16.6. The Morgan fingerprint density at radius 1 is 0.818 bits per heavy atom. The molecule has 1 aromatic heterocycles. The minimum absolute atomic E-state index is 0.0335. The zero-order valence-corrected chi connectivity index (χ0v) is 32.5. The Labute approximate surface area is 328 Å². The molecule has 274 valence electrons. The minimum atomic E-state index is -0.0335. The fraction of sp³-hybridized carbons (Fsp3) is 0.320. The summed E-state index contributed by atoms with van der Waals surface area (Å²) in [5.41, 5.74) is 11.9. The molecular formula is C50H48N4S. The lowest BCUT2D eigenvalue weighted by Crippen LogP contribution is -2.55. The number of thioether (sulfide) groups is 1. The van der Waals surface area contributed by atoms with Gasteiger partial charge in [-0.15, -0.1) is 11.8 Å². The number of aryl methyl sites for hydroxylation is 1. The molecule has 1 N–H and O–H groups in total. The van der Waals surface area contributed by atoms with Crippen LogP contribution in [0.15, 0.2) is 142 Å². The summed E-state index contributed by atoms with van der Waals surface area (Å²) in [5, 5.41) is 8.92. The summed E-state index contributed by atoms with van der Waals surface area (Å²) in [6.07, 6.45) is 39.1. The van der Waals surface area contributed by atoms with Gasteiger partial charge in [0.1, 0.15) is 0 Å². The molecule has 4 heterocycles. The number of fused-ring (bicyclic) bond motifs is 7. The molecule has 55 heavy (non-hydrogen) atoms. The molecule has 3 aliphatic heterocycles. The standard InChI is InChI=1S/C50H48N4S/c1-50-41-19-9-12-22-46(41)55-48(50)40-18-6-5-17-39(40)47(53-50)34-25-23-32(24-26-34)42-31-43(52-49(51-42)35-13-3-2-4-14-35)33-27-29-36(30-28-33)54-44-20-10-7-15-37(44)38-16-8-11-21-45(38)54/h3,5-7,10-15,17-18,20-23,25,27,29-30,33,41,43,46,53H,2,4,8-9,16,19,24,26,28,31H2,1H3/t33?,41?,43?,46?,50-/m0/s1. The van der Waals surface area contributed by atoms with E-state index in [1.807, 2.05) is 0 Å². The summed E-state index contributed by atoms with van der Waals surface area (Å²) in [4.78, 5) is 12.3. The highest BCUT2D eigenvalue weighted by molar-refractivity contribution is 8.09. The van der Waals surface area contributed by atoms with Gasteiger partial charge in [-0.2, -0.15) is 0 Å². The van der Waals surface area contributed by atoms with Crippen molar-refractivity contribution in [3.05, 3.63) is 154 Å². The van der Waals surface area contributed by atoms with E-state index in [-0.39, 0.29) is 11.6 Å². The summed E-state index contributed by atoms with van der Waals surface area (Å²) >= 11 is 2.09. The molecule has 0 amide bonds. The van der Waals surface area contributed by atoms with Gasteiger partial charge in [0.05, 0.1) is 17.1 Å². The maximum absolute atomic E-state index is 5.41. The number of aromatic nitrogens is 1. The topological polar surface area (TPSA) is 41.7 Å². The highest BCUT2D eigenvalue weighted by Crippen LogP contribution is 2.54. The van der Waals surface area contributed by atoms with Crippen LogP contribution in [0.5, 0.6) is 0 Å². The Bertz CT molecular complexity index is 2590. The van der Waals surface area contributed by atoms with Gasteiger partial charge in [-0.25, -0.2) is 4.99 Å². The second-order valence-corrected chi connectivity index (χ2v) is 17.8. The van der Waals surface area contributed by atoms with Gasteiger partial charge < -0.3 is 9.88 Å². The van der Waals surface area contributed by atoms with Crippen molar-refractivity contribution in [3.8, 4) is 0 Å². The van der Waals surface area contributed by atoms with E-state index in [1.54, 1.807) is 0 Å². The molecule has 5 aliphatic carbocycles. The number of nitrogens with zero attached hydrogens (tertiary/aromatic N) is 3. The lowest BCUT2D eigenvalue weighted by Gasteiger charge is -2.40. The van der Waals surface area contributed by atoms with Crippen LogP contribution in [0, 0.1) is 11.8 Å². The smallest absolute Gasteiger partial charge is 0.154 e. The van der Waals surface area contributed by atoms with Crippen LogP contribution in [0.25, 0.3) is 33.3 Å². The van der Waals surface area contributed by atoms with Gasteiger partial charge in [0.2, 0.25) is 0 Å². The Morgan fingerprint density at radius 3 is 2.53 bits per heavy atom. The molecule has 0 radical (unpaired) electrons. The highest BCUT2D eigenvalue weighted by atomic mass is 32.2. The average Bonchev–Trinajstić information content (AvgIpc) is 3.76. The van der Waals surface area contributed by atoms with E-state index in [0.29, 0.717) is 17.1 Å². The van der Waals surface area contributed by atoms with Crippen molar-refractivity contribution >= 4 is 56.6 Å². The minimum Gasteiger partial charge on any atom is -0.374 e. The van der Waals surface area contributed by atoms with Crippen molar-refractivity contribution in [2.24, 2.45) is 21.8 Å². The van der Waals surface area contributed by atoms with Gasteiger partial charge in [-0.3, -0.25) is 4.99 Å². The maximum Gasteiger partial charge on any atom is 0.154 e. The summed E-state index contributed by atoms with van der Waals surface area (Å²) in [6.45, 7) is 2.47. The van der Waals surface area contributed by atoms with Gasteiger partial charge in [0, 0.05) is 67.4 Å². The first-order chi connectivity index (χ1) is 27.1. The predicted molar refractivity (Wildman–Crippen MR) is 233 cm³/mol. The van der Waals surface area contributed by atoms with Gasteiger partial charge >= 0.3 is 0 Å². The van der Waals surface area contributed by atoms with E-state index >= 15 is 0 Å². The first kappa shape index (κ1) is 33.5. The Morgan fingerprint density at radius 2 is 1.67 bits per heavy atom. The molecule has 5 heteroatoms. The Hall–Kier alpha value is -4.87. The molecule has 1 fully saturated rings. The number of hydrogen-bond acceptors (Lipinski definition) is 4. The van der Waals surface area contributed by atoms with E-state index in [9.17, 15) is 0 Å². The van der Waals surface area contributed by atoms with Gasteiger partial charge in [-0.1, -0.05) is 103 Å². The molecule has 2 aromatic carbocycles. The molecule has 0 bridgehead atoms.